The average Bonchev–Trinajstić information content (AvgIpc) is 1.28. The molecule has 21 nitrogen and oxygen atoms in total. The van der Waals surface area contributed by atoms with Crippen molar-refractivity contribution in [3.63, 3.8) is 0 Å². The zero-order chi connectivity index (χ0) is 63.7. The van der Waals surface area contributed by atoms with E-state index in [1.54, 1.807) is 92.1 Å². The van der Waals surface area contributed by atoms with Gasteiger partial charge in [-0.25, -0.2) is 76.4 Å². The molecule has 25 heteroatoms. The Bertz CT molecular complexity index is 4500. The van der Waals surface area contributed by atoms with Crippen molar-refractivity contribution >= 4 is 34.0 Å². The van der Waals surface area contributed by atoms with Gasteiger partial charge >= 0.3 is 11.9 Å². The molecule has 14 rings (SSSR count). The van der Waals surface area contributed by atoms with Crippen LogP contribution in [0.25, 0.3) is 56.2 Å². The maximum absolute atomic E-state index is 16.1. The van der Waals surface area contributed by atoms with E-state index in [4.69, 9.17) is 33.7 Å². The lowest BCUT2D eigenvalue weighted by molar-refractivity contribution is 0.0397. The summed E-state index contributed by atoms with van der Waals surface area (Å²) in [5.41, 5.74) is 3.48. The predicted octanol–water partition coefficient (Wildman–Crippen LogP) is 11.4. The van der Waals surface area contributed by atoms with E-state index in [-0.39, 0.29) is 109 Å². The molecule has 8 heterocycles. The van der Waals surface area contributed by atoms with E-state index in [0.717, 1.165) is 72.7 Å². The highest BCUT2D eigenvalue weighted by Gasteiger charge is 2.29. The molecule has 4 aromatic carbocycles. The number of hydrogen-bond donors (Lipinski definition) is 0. The van der Waals surface area contributed by atoms with Crippen LogP contribution in [0, 0.1) is 23.3 Å². The van der Waals surface area contributed by atoms with E-state index in [2.05, 4.69) is 40.1 Å². The van der Waals surface area contributed by atoms with E-state index in [1.807, 2.05) is 24.3 Å². The Morgan fingerprint density at radius 3 is 1.37 bits per heavy atom. The fourth-order valence-electron chi connectivity index (χ4n) is 10.8. The summed E-state index contributed by atoms with van der Waals surface area (Å²) in [6.07, 6.45) is 10.7. The van der Waals surface area contributed by atoms with Gasteiger partial charge in [-0.05, 0) is 122 Å². The Morgan fingerprint density at radius 1 is 0.505 bits per heavy atom. The molecule has 8 aromatic heterocycles. The summed E-state index contributed by atoms with van der Waals surface area (Å²) in [7, 11) is 3.03. The van der Waals surface area contributed by atoms with Crippen LogP contribution in [0.15, 0.2) is 146 Å². The van der Waals surface area contributed by atoms with Crippen molar-refractivity contribution in [2.45, 2.75) is 76.7 Å². The number of halogens is 4. The number of methoxy groups -OCH3 is 2. The molecule has 0 saturated heterocycles. The Morgan fingerprint density at radius 2 is 0.957 bits per heavy atom. The summed E-state index contributed by atoms with van der Waals surface area (Å²) in [5, 5.41) is 9.04. The lowest BCUT2D eigenvalue weighted by Gasteiger charge is -2.12. The molecule has 468 valence electrons. The Labute approximate surface area is 527 Å². The van der Waals surface area contributed by atoms with Crippen molar-refractivity contribution in [2.24, 2.45) is 0 Å². The first-order valence-electron chi connectivity index (χ1n) is 30.0. The Kier molecular flexibility index (Phi) is 16.5. The number of pyridine rings is 4. The second-order valence-electron chi connectivity index (χ2n) is 22.6. The van der Waals surface area contributed by atoms with Gasteiger partial charge in [-0.2, -0.15) is 0 Å². The zero-order valence-electron chi connectivity index (χ0n) is 50.1. The van der Waals surface area contributed by atoms with Crippen LogP contribution < -0.4 is 9.47 Å². The van der Waals surface area contributed by atoms with Gasteiger partial charge < -0.3 is 32.8 Å². The molecule has 0 radical (unpaired) electrons. The largest absolute Gasteiger partial charge is 0.473 e. The van der Waals surface area contributed by atoms with Gasteiger partial charge in [-0.15, -0.1) is 10.2 Å². The predicted molar refractivity (Wildman–Crippen MR) is 329 cm³/mol. The second-order valence-corrected chi connectivity index (χ2v) is 22.6. The summed E-state index contributed by atoms with van der Waals surface area (Å²) < 4.78 is 99.3. The first-order chi connectivity index (χ1) is 45.4. The highest BCUT2D eigenvalue weighted by atomic mass is 19.1. The summed E-state index contributed by atoms with van der Waals surface area (Å²) in [5.74, 6) is -0.00271. The smallest absolute Gasteiger partial charge is 0.346 e. The van der Waals surface area contributed by atoms with Crippen molar-refractivity contribution in [1.82, 2.24) is 68.6 Å². The van der Waals surface area contributed by atoms with Crippen molar-refractivity contribution in [2.75, 3.05) is 27.4 Å². The van der Waals surface area contributed by atoms with Crippen molar-refractivity contribution in [1.29, 1.82) is 0 Å². The molecular formula is C68H56F4N14O7. The van der Waals surface area contributed by atoms with Crippen LogP contribution in [-0.2, 0) is 53.4 Å². The minimum absolute atomic E-state index is 0.00783. The number of ether oxygens (including phenoxy) is 5. The Hall–Kier alpha value is -10.9. The van der Waals surface area contributed by atoms with Crippen LogP contribution >= 0.6 is 0 Å². The molecule has 0 atom stereocenters. The molecule has 2 aliphatic rings. The molecule has 2 aliphatic carbocycles. The summed E-state index contributed by atoms with van der Waals surface area (Å²) in [6.45, 7) is 1.09. The van der Waals surface area contributed by atoms with Crippen LogP contribution in [0.3, 0.4) is 0 Å². The number of hydrogen-bond acceptors (Lipinski definition) is 17. The number of esters is 2. The normalized spacial score (nSPS) is 13.1. The van der Waals surface area contributed by atoms with Crippen LogP contribution in [0.5, 0.6) is 11.8 Å². The molecule has 0 aliphatic heterocycles. The molecule has 0 amide bonds. The molecule has 0 spiro atoms. The highest BCUT2D eigenvalue weighted by molar-refractivity contribution is 6.05. The summed E-state index contributed by atoms with van der Waals surface area (Å²) >= 11 is 0. The maximum atomic E-state index is 16.1. The van der Waals surface area contributed by atoms with Gasteiger partial charge in [-0.3, -0.25) is 0 Å². The topological polar surface area (TPSA) is 229 Å². The number of nitrogens with zero attached hydrogens (tertiary/aromatic N) is 14. The lowest BCUT2D eigenvalue weighted by atomic mass is 10.0. The zero-order valence-corrected chi connectivity index (χ0v) is 50.1. The first kappa shape index (κ1) is 59.7. The molecular weight excluding hydrogens is 1200 g/mol. The second kappa shape index (κ2) is 25.8. The maximum Gasteiger partial charge on any atom is 0.346 e. The standard InChI is InChI=1S/C68H56F4N14O7/c1-89-23-21-83-57-27-43(15-17-55(57)77-61(83)29-45-25-51(71)47(31-49(45)69)53-5-3-7-63(79-53)91-35-39-9-19-59(73-33-39)85-37-75-65(81-85)41-11-12-41)67(87)93-68(88)44-16-18-56-58(28-44)84(22-24-90-2)62(78-56)30-46-26-52(72)48(32-50(46)70)54-6-4-8-64(80-54)92-36-40-10-20-60(74-34-40)86-38-76-66(82-86)42-13-14-42/h3-10,15-20,25-28,31-34,37-38,41-42H,11-14,21-24,29-30,35-36H2,1-2H3. The number of carbonyl (C=O) groups excluding carboxylic acids is 2. The van der Waals surface area contributed by atoms with E-state index in [0.29, 0.717) is 57.2 Å². The van der Waals surface area contributed by atoms with Crippen molar-refractivity contribution in [3.05, 3.63) is 226 Å². The number of fused-ring (bicyclic) bond motifs is 2. The minimum Gasteiger partial charge on any atom is -0.473 e. The van der Waals surface area contributed by atoms with Gasteiger partial charge in [0.15, 0.2) is 23.3 Å². The summed E-state index contributed by atoms with van der Waals surface area (Å²) in [4.78, 5) is 63.8. The van der Waals surface area contributed by atoms with Crippen molar-refractivity contribution < 1.29 is 50.8 Å². The van der Waals surface area contributed by atoms with Gasteiger partial charge in [-0.1, -0.05) is 24.3 Å². The molecule has 0 unspecified atom stereocenters. The molecule has 0 bridgehead atoms. The number of carbonyl (C=O) groups is 2. The van der Waals surface area contributed by atoms with Crippen LogP contribution in [0.4, 0.5) is 17.6 Å². The fraction of sp³-hybridized carbons (Fsp3) is 0.235. The van der Waals surface area contributed by atoms with E-state index in [9.17, 15) is 9.59 Å². The third-order valence-corrected chi connectivity index (χ3v) is 16.1. The number of aromatic nitrogens is 14. The van der Waals surface area contributed by atoms with Crippen LogP contribution in [0.1, 0.15) is 104 Å². The average molecular weight is 1260 g/mol. The molecule has 12 aromatic rings. The van der Waals surface area contributed by atoms with Crippen LogP contribution in [-0.4, -0.2) is 108 Å². The quantitative estimate of drug-likeness (QED) is 0.0311. The highest BCUT2D eigenvalue weighted by Crippen LogP contribution is 2.39. The van der Waals surface area contributed by atoms with Gasteiger partial charge in [0.1, 0.15) is 60.8 Å². The minimum atomic E-state index is -0.971. The van der Waals surface area contributed by atoms with Gasteiger partial charge in [0.2, 0.25) is 11.8 Å². The van der Waals surface area contributed by atoms with E-state index >= 15 is 17.6 Å². The number of benzene rings is 4. The van der Waals surface area contributed by atoms with Crippen LogP contribution in [0.2, 0.25) is 0 Å². The monoisotopic (exact) mass is 1260 g/mol. The molecule has 2 fully saturated rings. The third kappa shape index (κ3) is 13.1. The fourth-order valence-corrected chi connectivity index (χ4v) is 10.8. The summed E-state index contributed by atoms with van der Waals surface area (Å²) in [6, 6.07) is 30.4. The first-order valence-corrected chi connectivity index (χ1v) is 30.0. The van der Waals surface area contributed by atoms with Gasteiger partial charge in [0.25, 0.3) is 0 Å². The third-order valence-electron chi connectivity index (χ3n) is 16.1. The number of rotatable bonds is 24. The molecule has 0 N–H and O–H groups in total. The van der Waals surface area contributed by atoms with Gasteiger partial charge in [0, 0.05) is 98.8 Å². The van der Waals surface area contributed by atoms with E-state index < -0.39 is 35.2 Å². The van der Waals surface area contributed by atoms with Crippen molar-refractivity contribution in [3.8, 4) is 45.9 Å². The number of imidazole rings is 2. The molecule has 93 heavy (non-hydrogen) atoms. The SMILES string of the molecule is COCCn1c(Cc2cc(F)c(-c3cccc(OCc4ccc(-n5cnc(C6CC6)n5)nc4)n3)cc2F)nc2ccc(C(=O)OC(=O)c3ccc4nc(Cc5cc(F)c(-c6cccc(OCc7ccc(-n8cnc(C9CC9)n8)nc7)n6)cc5F)n(CCOC)c4c3)cc21. The van der Waals surface area contributed by atoms with Gasteiger partial charge in [0.05, 0.1) is 57.8 Å². The Balaban J connectivity index is 0.630. The molecule has 2 saturated carbocycles. The van der Waals surface area contributed by atoms with E-state index in [1.165, 1.54) is 38.5 Å². The lowest BCUT2D eigenvalue weighted by Crippen LogP contribution is -2.14.